The number of amides is 1. The Bertz CT molecular complexity index is 648. The highest BCUT2D eigenvalue weighted by molar-refractivity contribution is 7.91. The minimum Gasteiger partial charge on any atom is -0.478 e. The summed E-state index contributed by atoms with van der Waals surface area (Å²) < 4.78 is 28.4. The molecule has 1 aliphatic heterocycles. The summed E-state index contributed by atoms with van der Waals surface area (Å²) in [5.74, 6) is 0.707. The predicted octanol–water partition coefficient (Wildman–Crippen LogP) is 0.215. The third-order valence-electron chi connectivity index (χ3n) is 3.83. The van der Waals surface area contributed by atoms with E-state index in [-0.39, 0.29) is 30.0 Å². The summed E-state index contributed by atoms with van der Waals surface area (Å²) in [6.45, 7) is 2.89. The van der Waals surface area contributed by atoms with Crippen LogP contribution in [0.15, 0.2) is 18.3 Å². The Morgan fingerprint density at radius 2 is 2.30 bits per heavy atom. The van der Waals surface area contributed by atoms with Crippen molar-refractivity contribution in [2.45, 2.75) is 25.9 Å². The monoisotopic (exact) mass is 341 g/mol. The van der Waals surface area contributed by atoms with Gasteiger partial charge in [0.2, 0.25) is 11.8 Å². The molecule has 1 saturated heterocycles. The summed E-state index contributed by atoms with van der Waals surface area (Å²) in [6.07, 6.45) is 2.23. The van der Waals surface area contributed by atoms with Crippen LogP contribution >= 0.6 is 0 Å². The average Bonchev–Trinajstić information content (AvgIpc) is 2.87. The molecule has 1 fully saturated rings. The van der Waals surface area contributed by atoms with Crippen LogP contribution in [0.25, 0.3) is 0 Å². The van der Waals surface area contributed by atoms with Gasteiger partial charge in [-0.05, 0) is 26.5 Å². The Kier molecular flexibility index (Phi) is 5.95. The zero-order valence-corrected chi connectivity index (χ0v) is 14.3. The van der Waals surface area contributed by atoms with Crippen molar-refractivity contribution in [1.29, 1.82) is 0 Å². The van der Waals surface area contributed by atoms with E-state index in [9.17, 15) is 13.2 Å². The van der Waals surface area contributed by atoms with Crippen LogP contribution in [0.5, 0.6) is 5.88 Å². The summed E-state index contributed by atoms with van der Waals surface area (Å²) in [6, 6.07) is 3.56. The second-order valence-electron chi connectivity index (χ2n) is 5.65. The lowest BCUT2D eigenvalue weighted by molar-refractivity contribution is -0.122. The van der Waals surface area contributed by atoms with Gasteiger partial charge in [0.15, 0.2) is 9.84 Å². The molecular weight excluding hydrogens is 318 g/mol. The van der Waals surface area contributed by atoms with Crippen molar-refractivity contribution >= 4 is 15.7 Å². The summed E-state index contributed by atoms with van der Waals surface area (Å²) in [5.41, 5.74) is 0.814. The molecule has 1 unspecified atom stereocenters. The quantitative estimate of drug-likeness (QED) is 0.763. The highest BCUT2D eigenvalue weighted by atomic mass is 32.2. The first kappa shape index (κ1) is 17.7. The smallest absolute Gasteiger partial charge is 0.234 e. The number of pyridine rings is 1. The van der Waals surface area contributed by atoms with E-state index in [0.717, 1.165) is 5.56 Å². The molecule has 0 saturated carbocycles. The third-order valence-corrected chi connectivity index (χ3v) is 5.58. The number of nitrogens with zero attached hydrogens (tertiary/aromatic N) is 2. The average molecular weight is 341 g/mol. The Hall–Kier alpha value is -1.67. The van der Waals surface area contributed by atoms with E-state index < -0.39 is 9.84 Å². The number of nitrogens with one attached hydrogen (secondary N) is 1. The van der Waals surface area contributed by atoms with Crippen LogP contribution < -0.4 is 10.1 Å². The first-order chi connectivity index (χ1) is 10.9. The molecule has 23 heavy (non-hydrogen) atoms. The largest absolute Gasteiger partial charge is 0.478 e. The predicted molar refractivity (Wildman–Crippen MR) is 86.9 cm³/mol. The molecule has 1 N–H and O–H groups in total. The van der Waals surface area contributed by atoms with Crippen LogP contribution in [0.2, 0.25) is 0 Å². The summed E-state index contributed by atoms with van der Waals surface area (Å²) in [5, 5.41) is 2.82. The first-order valence-electron chi connectivity index (χ1n) is 7.65. The molecule has 8 heteroatoms. The molecule has 1 aliphatic rings. The molecule has 7 nitrogen and oxygen atoms in total. The zero-order chi connectivity index (χ0) is 16.9. The van der Waals surface area contributed by atoms with Gasteiger partial charge in [0, 0.05) is 24.3 Å². The Labute approximate surface area is 137 Å². The van der Waals surface area contributed by atoms with Crippen molar-refractivity contribution in [2.75, 3.05) is 31.7 Å². The van der Waals surface area contributed by atoms with E-state index in [0.29, 0.717) is 25.5 Å². The molecule has 1 atom stereocenters. The number of hydrogen-bond acceptors (Lipinski definition) is 6. The molecule has 1 amide bonds. The lowest BCUT2D eigenvalue weighted by atomic mass is 10.2. The number of hydrogen-bond donors (Lipinski definition) is 1. The van der Waals surface area contributed by atoms with E-state index in [4.69, 9.17) is 4.74 Å². The van der Waals surface area contributed by atoms with Crippen LogP contribution in [-0.4, -0.2) is 62.0 Å². The molecule has 2 heterocycles. The molecular formula is C15H23N3O4S. The number of sulfone groups is 1. The number of ether oxygens (including phenoxy) is 1. The standard InChI is InChI=1S/C15H23N3O4S/c1-3-22-15-12(5-4-7-16-15)9-17-14(19)10-18(2)13-6-8-23(20,21)11-13/h4-5,7,13H,3,6,8-11H2,1-2H3,(H,17,19). The van der Waals surface area contributed by atoms with E-state index in [1.807, 2.05) is 13.0 Å². The molecule has 1 aromatic rings. The molecule has 1 aromatic heterocycles. The van der Waals surface area contributed by atoms with Gasteiger partial charge in [-0.3, -0.25) is 9.69 Å². The van der Waals surface area contributed by atoms with Gasteiger partial charge in [0.1, 0.15) is 0 Å². The summed E-state index contributed by atoms with van der Waals surface area (Å²) in [7, 11) is -1.16. The number of aromatic nitrogens is 1. The Morgan fingerprint density at radius 3 is 2.96 bits per heavy atom. The lowest BCUT2D eigenvalue weighted by Gasteiger charge is -2.22. The van der Waals surface area contributed by atoms with Crippen LogP contribution in [0, 0.1) is 0 Å². The van der Waals surface area contributed by atoms with Crippen molar-refractivity contribution in [1.82, 2.24) is 15.2 Å². The van der Waals surface area contributed by atoms with Gasteiger partial charge in [0.25, 0.3) is 0 Å². The summed E-state index contributed by atoms with van der Waals surface area (Å²) in [4.78, 5) is 18.0. The molecule has 0 aliphatic carbocycles. The van der Waals surface area contributed by atoms with Crippen molar-refractivity contribution in [3.05, 3.63) is 23.9 Å². The van der Waals surface area contributed by atoms with Crippen LogP contribution in [0.4, 0.5) is 0 Å². The zero-order valence-electron chi connectivity index (χ0n) is 13.5. The topological polar surface area (TPSA) is 88.6 Å². The van der Waals surface area contributed by atoms with Crippen molar-refractivity contribution < 1.29 is 17.9 Å². The van der Waals surface area contributed by atoms with Gasteiger partial charge in [0.05, 0.1) is 24.7 Å². The van der Waals surface area contributed by atoms with Gasteiger partial charge in [-0.15, -0.1) is 0 Å². The van der Waals surface area contributed by atoms with Gasteiger partial charge >= 0.3 is 0 Å². The van der Waals surface area contributed by atoms with E-state index in [2.05, 4.69) is 10.3 Å². The minimum atomic E-state index is -2.94. The van der Waals surface area contributed by atoms with Crippen molar-refractivity contribution in [3.63, 3.8) is 0 Å². The molecule has 0 aromatic carbocycles. The Morgan fingerprint density at radius 1 is 1.52 bits per heavy atom. The second kappa shape index (κ2) is 7.74. The molecule has 0 spiro atoms. The van der Waals surface area contributed by atoms with Gasteiger partial charge in [-0.25, -0.2) is 13.4 Å². The molecule has 2 rings (SSSR count). The molecule has 0 bridgehead atoms. The number of carbonyl (C=O) groups is 1. The molecule has 128 valence electrons. The van der Waals surface area contributed by atoms with Gasteiger partial charge in [-0.1, -0.05) is 6.07 Å². The van der Waals surface area contributed by atoms with E-state index in [1.165, 1.54) is 0 Å². The lowest BCUT2D eigenvalue weighted by Crippen LogP contribution is -2.41. The fourth-order valence-corrected chi connectivity index (χ4v) is 4.36. The van der Waals surface area contributed by atoms with Crippen molar-refractivity contribution in [2.24, 2.45) is 0 Å². The molecule has 0 radical (unpaired) electrons. The third kappa shape index (κ3) is 5.18. The van der Waals surface area contributed by atoms with E-state index >= 15 is 0 Å². The van der Waals surface area contributed by atoms with Crippen LogP contribution in [0.3, 0.4) is 0 Å². The van der Waals surface area contributed by atoms with Crippen LogP contribution in [0.1, 0.15) is 18.9 Å². The fourth-order valence-electron chi connectivity index (χ4n) is 2.55. The SMILES string of the molecule is CCOc1ncccc1CNC(=O)CN(C)C1CCS(=O)(=O)C1. The summed E-state index contributed by atoms with van der Waals surface area (Å²) >= 11 is 0. The van der Waals surface area contributed by atoms with E-state index in [1.54, 1.807) is 24.2 Å². The van der Waals surface area contributed by atoms with Crippen LogP contribution in [-0.2, 0) is 21.2 Å². The Balaban J connectivity index is 1.83. The highest BCUT2D eigenvalue weighted by Gasteiger charge is 2.31. The fraction of sp³-hybridized carbons (Fsp3) is 0.600. The number of rotatable bonds is 7. The number of likely N-dealkylation sites (N-methyl/N-ethyl adjacent to an activating group) is 1. The van der Waals surface area contributed by atoms with Gasteiger partial charge in [-0.2, -0.15) is 0 Å². The van der Waals surface area contributed by atoms with Crippen molar-refractivity contribution in [3.8, 4) is 5.88 Å². The normalized spacial score (nSPS) is 19.7. The van der Waals surface area contributed by atoms with Gasteiger partial charge < -0.3 is 10.1 Å². The maximum Gasteiger partial charge on any atom is 0.234 e. The minimum absolute atomic E-state index is 0.0804. The second-order valence-corrected chi connectivity index (χ2v) is 7.88. The first-order valence-corrected chi connectivity index (χ1v) is 9.47. The number of carbonyl (C=O) groups excluding carboxylic acids is 1. The maximum atomic E-state index is 12.1. The maximum absolute atomic E-state index is 12.1. The highest BCUT2D eigenvalue weighted by Crippen LogP contribution is 2.16.